The zero-order valence-corrected chi connectivity index (χ0v) is 12.6. The maximum Gasteiger partial charge on any atom is 0.0921 e. The van der Waals surface area contributed by atoms with Gasteiger partial charge in [0.15, 0.2) is 0 Å². The van der Waals surface area contributed by atoms with Crippen LogP contribution in [0, 0.1) is 0 Å². The van der Waals surface area contributed by atoms with E-state index < -0.39 is 0 Å². The van der Waals surface area contributed by atoms with Gasteiger partial charge in [0.2, 0.25) is 0 Å². The molecule has 1 aromatic carbocycles. The van der Waals surface area contributed by atoms with E-state index in [1.807, 2.05) is 36.8 Å². The fraction of sp³-hybridized carbons (Fsp3) is 0.375. The molecule has 1 aliphatic heterocycles. The number of nitrogens with one attached hydrogen (secondary N) is 1. The molecule has 2 aromatic rings. The Morgan fingerprint density at radius 1 is 1.38 bits per heavy atom. The topological polar surface area (TPSA) is 44.3 Å². The van der Waals surface area contributed by atoms with Crippen LogP contribution < -0.4 is 0 Å². The number of H-pyrrole nitrogens is 1. The molecule has 1 aliphatic rings. The van der Waals surface area contributed by atoms with Crippen LogP contribution in [0.25, 0.3) is 0 Å². The predicted molar refractivity (Wildman–Crippen MR) is 85.8 cm³/mol. The molecule has 0 radical (unpaired) electrons. The number of nitrogens with zero attached hydrogens (tertiary/aromatic N) is 3. The molecule has 21 heavy (non-hydrogen) atoms. The Hall–Kier alpha value is -1.81. The molecule has 1 aromatic heterocycles. The second-order valence-electron chi connectivity index (χ2n) is 5.40. The van der Waals surface area contributed by atoms with E-state index in [-0.39, 0.29) is 0 Å². The Balaban J connectivity index is 1.48. The first-order valence-electron chi connectivity index (χ1n) is 7.28. The Morgan fingerprint density at radius 3 is 2.95 bits per heavy atom. The number of piperidine rings is 1. The summed E-state index contributed by atoms with van der Waals surface area (Å²) in [6.07, 6.45) is 7.96. The summed E-state index contributed by atoms with van der Waals surface area (Å²) in [7, 11) is 0. The van der Waals surface area contributed by atoms with Gasteiger partial charge in [-0.2, -0.15) is 0 Å². The zero-order valence-electron chi connectivity index (χ0n) is 11.9. The molecule has 3 rings (SSSR count). The molecule has 0 atom stereocenters. The number of likely N-dealkylation sites (tertiary alicyclic amines) is 1. The van der Waals surface area contributed by atoms with E-state index in [2.05, 4.69) is 19.9 Å². The van der Waals surface area contributed by atoms with Crippen LogP contribution in [0.4, 0.5) is 0 Å². The molecule has 0 bridgehead atoms. The molecule has 0 unspecified atom stereocenters. The van der Waals surface area contributed by atoms with Gasteiger partial charge >= 0.3 is 0 Å². The van der Waals surface area contributed by atoms with Crippen molar-refractivity contribution in [3.8, 4) is 0 Å². The maximum absolute atomic E-state index is 5.97. The van der Waals surface area contributed by atoms with Gasteiger partial charge in [0, 0.05) is 35.9 Å². The van der Waals surface area contributed by atoms with Crippen molar-refractivity contribution in [3.63, 3.8) is 0 Å². The van der Waals surface area contributed by atoms with Crippen molar-refractivity contribution < 1.29 is 0 Å². The fourth-order valence-corrected chi connectivity index (χ4v) is 2.93. The van der Waals surface area contributed by atoms with Crippen LogP contribution >= 0.6 is 11.6 Å². The fourth-order valence-electron chi connectivity index (χ4n) is 2.71. The average molecular weight is 303 g/mol. The molecule has 4 nitrogen and oxygen atoms in total. The van der Waals surface area contributed by atoms with E-state index in [4.69, 9.17) is 11.6 Å². The molecule has 0 spiro atoms. The molecule has 0 aliphatic carbocycles. The van der Waals surface area contributed by atoms with Crippen LogP contribution in [0.5, 0.6) is 0 Å². The van der Waals surface area contributed by atoms with E-state index in [1.54, 1.807) is 6.33 Å². The third-order valence-electron chi connectivity index (χ3n) is 3.90. The molecule has 0 amide bonds. The van der Waals surface area contributed by atoms with Crippen LogP contribution in [-0.2, 0) is 6.54 Å². The summed E-state index contributed by atoms with van der Waals surface area (Å²) < 4.78 is 0. The minimum Gasteiger partial charge on any atom is -0.363 e. The molecule has 0 saturated carbocycles. The number of aromatic nitrogens is 2. The lowest BCUT2D eigenvalue weighted by Crippen LogP contribution is -2.31. The van der Waals surface area contributed by atoms with E-state index >= 15 is 0 Å². The Labute approximate surface area is 129 Å². The third kappa shape index (κ3) is 3.85. The Morgan fingerprint density at radius 2 is 2.24 bits per heavy atom. The Bertz CT molecular complexity index is 586. The standard InChI is InChI=1S/C16H19ClN4/c17-15-3-1-2-13(8-15)9-19-12-21-6-4-14(5-7-21)16-10-18-11-20-16/h1-3,8,10-12,14H,4-7,9H2,(H,18,20). The van der Waals surface area contributed by atoms with Gasteiger partial charge in [0.1, 0.15) is 0 Å². The van der Waals surface area contributed by atoms with Gasteiger partial charge in [-0.3, -0.25) is 4.99 Å². The number of rotatable bonds is 4. The average Bonchev–Trinajstić information content (AvgIpc) is 3.02. The second kappa shape index (κ2) is 6.76. The molecular formula is C16H19ClN4. The summed E-state index contributed by atoms with van der Waals surface area (Å²) in [6, 6.07) is 7.86. The van der Waals surface area contributed by atoms with Crippen LogP contribution in [0.1, 0.15) is 30.0 Å². The number of benzene rings is 1. The smallest absolute Gasteiger partial charge is 0.0921 e. The number of aromatic amines is 1. The number of hydrogen-bond acceptors (Lipinski definition) is 2. The van der Waals surface area contributed by atoms with Crippen LogP contribution in [0.2, 0.25) is 5.02 Å². The van der Waals surface area contributed by atoms with Crippen LogP contribution in [-0.4, -0.2) is 34.3 Å². The predicted octanol–water partition coefficient (Wildman–Crippen LogP) is 3.47. The van der Waals surface area contributed by atoms with Crippen molar-refractivity contribution in [2.24, 2.45) is 4.99 Å². The lowest BCUT2D eigenvalue weighted by molar-refractivity contribution is 0.317. The SMILES string of the molecule is Clc1cccc(CN=CN2CCC(c3cnc[nH]3)CC2)c1. The second-order valence-corrected chi connectivity index (χ2v) is 5.84. The quantitative estimate of drug-likeness (QED) is 0.694. The lowest BCUT2D eigenvalue weighted by Gasteiger charge is -2.29. The van der Waals surface area contributed by atoms with Crippen molar-refractivity contribution >= 4 is 17.9 Å². The largest absolute Gasteiger partial charge is 0.363 e. The summed E-state index contributed by atoms with van der Waals surface area (Å²) in [6.45, 7) is 2.77. The van der Waals surface area contributed by atoms with Crippen LogP contribution in [0.15, 0.2) is 41.8 Å². The van der Waals surface area contributed by atoms with E-state index in [9.17, 15) is 0 Å². The molecule has 110 valence electrons. The van der Waals surface area contributed by atoms with Gasteiger partial charge in [-0.1, -0.05) is 23.7 Å². The first kappa shape index (κ1) is 14.1. The van der Waals surface area contributed by atoms with Crippen molar-refractivity contribution in [2.75, 3.05) is 13.1 Å². The molecule has 1 saturated heterocycles. The van der Waals surface area contributed by atoms with E-state index in [0.29, 0.717) is 12.5 Å². The molecule has 1 fully saturated rings. The van der Waals surface area contributed by atoms with Crippen molar-refractivity contribution in [1.82, 2.24) is 14.9 Å². The highest BCUT2D eigenvalue weighted by molar-refractivity contribution is 6.30. The molecule has 1 N–H and O–H groups in total. The van der Waals surface area contributed by atoms with Gasteiger partial charge in [-0.25, -0.2) is 4.98 Å². The van der Waals surface area contributed by atoms with Crippen molar-refractivity contribution in [2.45, 2.75) is 25.3 Å². The minimum atomic E-state index is 0.602. The van der Waals surface area contributed by atoms with Gasteiger partial charge < -0.3 is 9.88 Å². The normalized spacial score (nSPS) is 16.7. The zero-order chi connectivity index (χ0) is 14.5. The maximum atomic E-state index is 5.97. The highest BCUT2D eigenvalue weighted by Crippen LogP contribution is 2.25. The van der Waals surface area contributed by atoms with Gasteiger partial charge in [0.25, 0.3) is 0 Å². The summed E-state index contributed by atoms with van der Waals surface area (Å²) in [5.41, 5.74) is 2.40. The van der Waals surface area contributed by atoms with E-state index in [1.165, 1.54) is 5.69 Å². The molecule has 5 heteroatoms. The van der Waals surface area contributed by atoms with Gasteiger partial charge in [0.05, 0.1) is 19.2 Å². The molecular weight excluding hydrogens is 284 g/mol. The van der Waals surface area contributed by atoms with Crippen molar-refractivity contribution in [3.05, 3.63) is 53.1 Å². The summed E-state index contributed by atoms with van der Waals surface area (Å²) >= 11 is 5.97. The minimum absolute atomic E-state index is 0.602. The number of halogens is 1. The van der Waals surface area contributed by atoms with Crippen LogP contribution in [0.3, 0.4) is 0 Å². The molecule has 2 heterocycles. The van der Waals surface area contributed by atoms with Gasteiger partial charge in [-0.15, -0.1) is 0 Å². The third-order valence-corrected chi connectivity index (χ3v) is 4.13. The highest BCUT2D eigenvalue weighted by atomic mass is 35.5. The highest BCUT2D eigenvalue weighted by Gasteiger charge is 2.19. The number of imidazole rings is 1. The van der Waals surface area contributed by atoms with E-state index in [0.717, 1.165) is 36.5 Å². The number of aliphatic imine (C=N–C) groups is 1. The van der Waals surface area contributed by atoms with Crippen molar-refractivity contribution in [1.29, 1.82) is 0 Å². The van der Waals surface area contributed by atoms with Gasteiger partial charge in [-0.05, 0) is 30.5 Å². The first-order chi connectivity index (χ1) is 10.3. The summed E-state index contributed by atoms with van der Waals surface area (Å²) in [5, 5.41) is 0.767. The lowest BCUT2D eigenvalue weighted by atomic mass is 9.94. The summed E-state index contributed by atoms with van der Waals surface area (Å²) in [5.74, 6) is 0.602. The first-order valence-corrected chi connectivity index (χ1v) is 7.66. The Kier molecular flexibility index (Phi) is 4.55. The monoisotopic (exact) mass is 302 g/mol. The number of hydrogen-bond donors (Lipinski definition) is 1. The summed E-state index contributed by atoms with van der Waals surface area (Å²) in [4.78, 5) is 14.1.